The Morgan fingerprint density at radius 3 is 3.06 bits per heavy atom. The molecule has 0 bridgehead atoms. The van der Waals surface area contributed by atoms with E-state index in [0.29, 0.717) is 39.1 Å². The molecule has 0 spiro atoms. The van der Waals surface area contributed by atoms with Crippen molar-refractivity contribution >= 4 is 23.6 Å². The molecular weight excluding hydrogens is 252 g/mol. The molecule has 0 aromatic heterocycles. The van der Waals surface area contributed by atoms with Crippen LogP contribution in [0.1, 0.15) is 12.8 Å². The van der Waals surface area contributed by atoms with Crippen LogP contribution >= 0.6 is 11.8 Å². The Kier molecular flexibility index (Phi) is 7.12. The summed E-state index contributed by atoms with van der Waals surface area (Å²) >= 11 is 1.71. The van der Waals surface area contributed by atoms with E-state index in [0.717, 1.165) is 5.75 Å². The zero-order valence-corrected chi connectivity index (χ0v) is 11.9. The van der Waals surface area contributed by atoms with Gasteiger partial charge in [0.15, 0.2) is 0 Å². The van der Waals surface area contributed by atoms with Gasteiger partial charge in [0.2, 0.25) is 11.8 Å². The molecule has 0 aromatic carbocycles. The highest BCUT2D eigenvalue weighted by atomic mass is 32.2. The molecule has 1 rings (SSSR count). The van der Waals surface area contributed by atoms with Gasteiger partial charge < -0.3 is 15.0 Å². The Hall–Kier alpha value is -0.750. The van der Waals surface area contributed by atoms with Gasteiger partial charge in [-0.25, -0.2) is 0 Å². The highest BCUT2D eigenvalue weighted by Crippen LogP contribution is 2.17. The molecule has 104 valence electrons. The van der Waals surface area contributed by atoms with Crippen LogP contribution in [0.25, 0.3) is 0 Å². The normalized spacial score (nSPS) is 20.0. The number of amides is 2. The molecule has 1 heterocycles. The van der Waals surface area contributed by atoms with E-state index in [1.165, 1.54) is 0 Å². The molecule has 0 unspecified atom stereocenters. The quantitative estimate of drug-likeness (QED) is 0.681. The van der Waals surface area contributed by atoms with Gasteiger partial charge in [-0.05, 0) is 12.7 Å². The third-order valence-corrected chi connectivity index (χ3v) is 3.65. The second-order valence-corrected chi connectivity index (χ2v) is 5.34. The van der Waals surface area contributed by atoms with E-state index in [-0.39, 0.29) is 17.7 Å². The van der Waals surface area contributed by atoms with Crippen LogP contribution in [0.2, 0.25) is 0 Å². The second-order valence-electron chi connectivity index (χ2n) is 4.35. The van der Waals surface area contributed by atoms with Crippen molar-refractivity contribution in [3.63, 3.8) is 0 Å². The molecule has 1 N–H and O–H groups in total. The fraction of sp³-hybridized carbons (Fsp3) is 0.833. The summed E-state index contributed by atoms with van der Waals surface area (Å²) in [6.07, 6.45) is 3.13. The number of carbonyl (C=O) groups excluding carboxylic acids is 2. The number of thioether (sulfide) groups is 1. The van der Waals surface area contributed by atoms with Crippen LogP contribution in [0.4, 0.5) is 0 Å². The molecular formula is C12H22N2O3S. The van der Waals surface area contributed by atoms with Crippen LogP contribution < -0.4 is 5.32 Å². The van der Waals surface area contributed by atoms with E-state index < -0.39 is 0 Å². The van der Waals surface area contributed by atoms with Crippen LogP contribution in [0, 0.1) is 5.92 Å². The molecule has 5 nitrogen and oxygen atoms in total. The number of hydrogen-bond acceptors (Lipinski definition) is 4. The van der Waals surface area contributed by atoms with Crippen molar-refractivity contribution in [3.05, 3.63) is 0 Å². The fourth-order valence-electron chi connectivity index (χ4n) is 1.97. The fourth-order valence-corrected chi connectivity index (χ4v) is 2.27. The third kappa shape index (κ3) is 4.86. The van der Waals surface area contributed by atoms with Crippen molar-refractivity contribution < 1.29 is 14.3 Å². The lowest BCUT2D eigenvalue weighted by Gasteiger charge is -2.31. The summed E-state index contributed by atoms with van der Waals surface area (Å²) in [5.74, 6) is 1.05. The van der Waals surface area contributed by atoms with Gasteiger partial charge in [0.1, 0.15) is 0 Å². The first-order valence-corrected chi connectivity index (χ1v) is 7.61. The molecule has 18 heavy (non-hydrogen) atoms. The maximum atomic E-state index is 11.9. The van der Waals surface area contributed by atoms with Crippen LogP contribution in [0.3, 0.4) is 0 Å². The number of ether oxygens (including phenoxy) is 1. The van der Waals surface area contributed by atoms with Gasteiger partial charge in [0.25, 0.3) is 0 Å². The van der Waals surface area contributed by atoms with E-state index in [1.54, 1.807) is 23.8 Å². The lowest BCUT2D eigenvalue weighted by atomic mass is 9.96. The van der Waals surface area contributed by atoms with Gasteiger partial charge in [-0.3, -0.25) is 9.59 Å². The highest BCUT2D eigenvalue weighted by Gasteiger charge is 2.29. The first-order chi connectivity index (χ1) is 8.69. The average Bonchev–Trinajstić information content (AvgIpc) is 2.38. The van der Waals surface area contributed by atoms with Crippen LogP contribution in [-0.2, 0) is 14.3 Å². The zero-order chi connectivity index (χ0) is 13.4. The van der Waals surface area contributed by atoms with Gasteiger partial charge >= 0.3 is 0 Å². The summed E-state index contributed by atoms with van der Waals surface area (Å²) < 4.78 is 4.97. The van der Waals surface area contributed by atoms with Crippen molar-refractivity contribution in [2.45, 2.75) is 12.8 Å². The number of methoxy groups -OCH3 is 1. The Bertz CT molecular complexity index is 286. The lowest BCUT2D eigenvalue weighted by molar-refractivity contribution is -0.138. The Morgan fingerprint density at radius 2 is 2.39 bits per heavy atom. The zero-order valence-electron chi connectivity index (χ0n) is 11.1. The predicted octanol–water partition coefficient (Wildman–Crippen LogP) is 0.351. The Balaban J connectivity index is 2.38. The van der Waals surface area contributed by atoms with Crippen molar-refractivity contribution in [2.24, 2.45) is 5.92 Å². The molecule has 1 atom stereocenters. The first kappa shape index (κ1) is 15.3. The summed E-state index contributed by atoms with van der Waals surface area (Å²) in [6.45, 7) is 2.31. The number of nitrogens with zero attached hydrogens (tertiary/aromatic N) is 1. The van der Waals surface area contributed by atoms with Crippen LogP contribution in [0.5, 0.6) is 0 Å². The minimum Gasteiger partial charge on any atom is -0.383 e. The Morgan fingerprint density at radius 1 is 1.61 bits per heavy atom. The first-order valence-electron chi connectivity index (χ1n) is 6.22. The number of carbonyl (C=O) groups is 2. The lowest BCUT2D eigenvalue weighted by Crippen LogP contribution is -2.47. The monoisotopic (exact) mass is 274 g/mol. The van der Waals surface area contributed by atoms with Crippen molar-refractivity contribution in [1.29, 1.82) is 0 Å². The van der Waals surface area contributed by atoms with Gasteiger partial charge in [-0.15, -0.1) is 0 Å². The molecule has 0 saturated carbocycles. The molecule has 1 aliphatic heterocycles. The molecule has 0 aliphatic carbocycles. The summed E-state index contributed by atoms with van der Waals surface area (Å²) in [6, 6.07) is 0. The molecule has 1 aliphatic rings. The highest BCUT2D eigenvalue weighted by molar-refractivity contribution is 7.98. The van der Waals surface area contributed by atoms with E-state index in [2.05, 4.69) is 5.32 Å². The van der Waals surface area contributed by atoms with Gasteiger partial charge in [-0.2, -0.15) is 11.8 Å². The van der Waals surface area contributed by atoms with Crippen molar-refractivity contribution in [2.75, 3.05) is 45.4 Å². The van der Waals surface area contributed by atoms with Crippen LogP contribution in [-0.4, -0.2) is 62.1 Å². The summed E-state index contributed by atoms with van der Waals surface area (Å²) in [4.78, 5) is 25.3. The van der Waals surface area contributed by atoms with E-state index in [1.807, 2.05) is 6.26 Å². The number of likely N-dealkylation sites (tertiary alicyclic amines) is 1. The SMILES string of the molecule is COCCN1C[C@H](C(=O)NCCSC)CCC1=O. The van der Waals surface area contributed by atoms with E-state index in [9.17, 15) is 9.59 Å². The van der Waals surface area contributed by atoms with E-state index in [4.69, 9.17) is 4.74 Å². The summed E-state index contributed by atoms with van der Waals surface area (Å²) in [7, 11) is 1.61. The van der Waals surface area contributed by atoms with E-state index >= 15 is 0 Å². The van der Waals surface area contributed by atoms with Crippen LogP contribution in [0.15, 0.2) is 0 Å². The maximum Gasteiger partial charge on any atom is 0.224 e. The minimum atomic E-state index is -0.0681. The minimum absolute atomic E-state index is 0.0681. The van der Waals surface area contributed by atoms with Crippen molar-refractivity contribution in [1.82, 2.24) is 10.2 Å². The number of hydrogen-bond donors (Lipinski definition) is 1. The predicted molar refractivity (Wildman–Crippen MR) is 72.6 cm³/mol. The number of piperidine rings is 1. The number of nitrogens with one attached hydrogen (secondary N) is 1. The largest absolute Gasteiger partial charge is 0.383 e. The molecule has 0 aromatic rings. The molecule has 2 amide bonds. The maximum absolute atomic E-state index is 11.9. The smallest absolute Gasteiger partial charge is 0.224 e. The Labute approximate surface area is 113 Å². The molecule has 6 heteroatoms. The topological polar surface area (TPSA) is 58.6 Å². The van der Waals surface area contributed by atoms with Gasteiger partial charge in [0.05, 0.1) is 12.5 Å². The van der Waals surface area contributed by atoms with Crippen molar-refractivity contribution in [3.8, 4) is 0 Å². The molecule has 1 fully saturated rings. The number of rotatable bonds is 7. The molecule has 1 saturated heterocycles. The summed E-state index contributed by atoms with van der Waals surface area (Å²) in [5.41, 5.74) is 0. The molecule has 0 radical (unpaired) electrons. The second kappa shape index (κ2) is 8.37. The summed E-state index contributed by atoms with van der Waals surface area (Å²) in [5, 5.41) is 2.92. The van der Waals surface area contributed by atoms with Gasteiger partial charge in [-0.1, -0.05) is 0 Å². The average molecular weight is 274 g/mol. The standard InChI is InChI=1S/C12H22N2O3S/c1-17-7-6-14-9-10(3-4-11(14)15)12(16)13-5-8-18-2/h10H,3-9H2,1-2H3,(H,13,16)/t10-/m1/s1. The third-order valence-electron chi connectivity index (χ3n) is 3.04. The van der Waals surface area contributed by atoms with Gasteiger partial charge in [0, 0.05) is 38.9 Å².